The quantitative estimate of drug-likeness (QED) is 0.188. The molecule has 3 rings (SSSR count). The SMILES string of the molecule is COC(=O)CC(=O)CC(O)/C=C/c1c(C(C)C)nc(C(C)C)c(COCc2ccccc2)c1-c1ccc(F)cc1. The van der Waals surface area contributed by atoms with Crippen LogP contribution < -0.4 is 0 Å². The number of aliphatic hydroxyl groups excluding tert-OH is 1. The predicted octanol–water partition coefficient (Wildman–Crippen LogP) is 6.75. The minimum Gasteiger partial charge on any atom is -0.469 e. The number of rotatable bonds is 13. The van der Waals surface area contributed by atoms with Crippen molar-refractivity contribution in [2.45, 2.75) is 71.7 Å². The molecule has 0 fully saturated rings. The Morgan fingerprint density at radius 2 is 1.60 bits per heavy atom. The molecule has 7 heteroatoms. The van der Waals surface area contributed by atoms with Crippen molar-refractivity contribution >= 4 is 17.8 Å². The molecule has 0 aliphatic heterocycles. The second kappa shape index (κ2) is 14.6. The zero-order chi connectivity index (χ0) is 29.2. The number of carbonyl (C=O) groups is 2. The van der Waals surface area contributed by atoms with E-state index in [0.29, 0.717) is 6.61 Å². The Labute approximate surface area is 235 Å². The van der Waals surface area contributed by atoms with Crippen LogP contribution in [0.5, 0.6) is 0 Å². The van der Waals surface area contributed by atoms with E-state index in [9.17, 15) is 19.1 Å². The lowest BCUT2D eigenvalue weighted by Gasteiger charge is -2.24. The van der Waals surface area contributed by atoms with E-state index in [1.807, 2.05) is 44.2 Å². The summed E-state index contributed by atoms with van der Waals surface area (Å²) in [6, 6.07) is 16.2. The molecule has 1 N–H and O–H groups in total. The van der Waals surface area contributed by atoms with Gasteiger partial charge in [-0.2, -0.15) is 0 Å². The van der Waals surface area contributed by atoms with Crippen LogP contribution in [0.4, 0.5) is 4.39 Å². The molecule has 6 nitrogen and oxygen atoms in total. The number of pyridine rings is 1. The number of carbonyl (C=O) groups excluding carboxylic acids is 2. The maximum Gasteiger partial charge on any atom is 0.313 e. The largest absolute Gasteiger partial charge is 0.469 e. The second-order valence-electron chi connectivity index (χ2n) is 10.4. The zero-order valence-electron chi connectivity index (χ0n) is 23.8. The standard InChI is InChI=1S/C33H38FNO5/c1-21(2)32-28(16-15-26(36)17-27(37)18-30(38)39-5)31(24-11-13-25(34)14-12-24)29(33(35-32)22(3)4)20-40-19-23-9-7-6-8-10-23/h6-16,21-22,26,36H,17-20H2,1-5H3/b16-15+. The van der Waals surface area contributed by atoms with Gasteiger partial charge in [0, 0.05) is 23.2 Å². The third-order valence-electron chi connectivity index (χ3n) is 6.47. The van der Waals surface area contributed by atoms with Gasteiger partial charge in [0.25, 0.3) is 0 Å². The van der Waals surface area contributed by atoms with E-state index in [4.69, 9.17) is 9.72 Å². The Bertz CT molecular complexity index is 1320. The molecule has 0 radical (unpaired) electrons. The van der Waals surface area contributed by atoms with E-state index >= 15 is 0 Å². The monoisotopic (exact) mass is 547 g/mol. The summed E-state index contributed by atoms with van der Waals surface area (Å²) >= 11 is 0. The fourth-order valence-corrected chi connectivity index (χ4v) is 4.51. The molecule has 40 heavy (non-hydrogen) atoms. The Morgan fingerprint density at radius 1 is 0.950 bits per heavy atom. The lowest BCUT2D eigenvalue weighted by Crippen LogP contribution is -2.15. The van der Waals surface area contributed by atoms with Gasteiger partial charge in [-0.25, -0.2) is 4.39 Å². The molecular formula is C33H38FNO5. The Kier molecular flexibility index (Phi) is 11.3. The highest BCUT2D eigenvalue weighted by atomic mass is 19.1. The first kappa shape index (κ1) is 30.9. The molecule has 1 heterocycles. The van der Waals surface area contributed by atoms with Crippen molar-refractivity contribution in [2.75, 3.05) is 7.11 Å². The number of hydrogen-bond donors (Lipinski definition) is 1. The van der Waals surface area contributed by atoms with Crippen molar-refractivity contribution in [3.8, 4) is 11.1 Å². The van der Waals surface area contributed by atoms with E-state index in [1.54, 1.807) is 18.2 Å². The molecule has 1 atom stereocenters. The van der Waals surface area contributed by atoms with Gasteiger partial charge in [-0.1, -0.05) is 82.3 Å². The number of esters is 1. The minimum atomic E-state index is -1.11. The first-order chi connectivity index (χ1) is 19.1. The highest BCUT2D eigenvalue weighted by molar-refractivity contribution is 5.95. The summed E-state index contributed by atoms with van der Waals surface area (Å²) < 4.78 is 24.7. The van der Waals surface area contributed by atoms with Crippen LogP contribution in [0.3, 0.4) is 0 Å². The van der Waals surface area contributed by atoms with E-state index in [0.717, 1.165) is 39.2 Å². The van der Waals surface area contributed by atoms with E-state index in [2.05, 4.69) is 18.6 Å². The number of Topliss-reactive ketones (excluding diaryl/α,β-unsaturated/α-hetero) is 1. The van der Waals surface area contributed by atoms with Crippen LogP contribution in [0, 0.1) is 5.82 Å². The van der Waals surface area contributed by atoms with Crippen molar-refractivity contribution in [1.29, 1.82) is 0 Å². The van der Waals surface area contributed by atoms with Gasteiger partial charge in [0.2, 0.25) is 0 Å². The van der Waals surface area contributed by atoms with Gasteiger partial charge in [-0.05, 0) is 40.7 Å². The molecule has 0 spiro atoms. The summed E-state index contributed by atoms with van der Waals surface area (Å²) in [6.07, 6.45) is 1.57. The molecule has 0 bridgehead atoms. The summed E-state index contributed by atoms with van der Waals surface area (Å²) in [5.41, 5.74) is 6.05. The van der Waals surface area contributed by atoms with Crippen LogP contribution in [-0.4, -0.2) is 35.1 Å². The van der Waals surface area contributed by atoms with Gasteiger partial charge in [0.15, 0.2) is 0 Å². The Balaban J connectivity index is 2.10. The highest BCUT2D eigenvalue weighted by Crippen LogP contribution is 2.38. The van der Waals surface area contributed by atoms with Gasteiger partial charge in [0.05, 0.1) is 32.1 Å². The number of nitrogens with zero attached hydrogens (tertiary/aromatic N) is 1. The predicted molar refractivity (Wildman–Crippen MR) is 154 cm³/mol. The van der Waals surface area contributed by atoms with E-state index in [-0.39, 0.29) is 30.7 Å². The van der Waals surface area contributed by atoms with Gasteiger partial charge in [0.1, 0.15) is 18.0 Å². The zero-order valence-corrected chi connectivity index (χ0v) is 23.8. The Morgan fingerprint density at radius 3 is 2.20 bits per heavy atom. The van der Waals surface area contributed by atoms with Crippen molar-refractivity contribution in [3.63, 3.8) is 0 Å². The first-order valence-corrected chi connectivity index (χ1v) is 13.5. The smallest absolute Gasteiger partial charge is 0.313 e. The van der Waals surface area contributed by atoms with Crippen LogP contribution in [0.2, 0.25) is 0 Å². The van der Waals surface area contributed by atoms with Gasteiger partial charge < -0.3 is 14.6 Å². The number of ketones is 1. The fourth-order valence-electron chi connectivity index (χ4n) is 4.51. The van der Waals surface area contributed by atoms with Crippen LogP contribution in [0.1, 0.15) is 80.5 Å². The molecule has 3 aromatic rings. The topological polar surface area (TPSA) is 85.7 Å². The molecule has 0 saturated carbocycles. The van der Waals surface area contributed by atoms with E-state index < -0.39 is 24.3 Å². The minimum absolute atomic E-state index is 0.0359. The van der Waals surface area contributed by atoms with Gasteiger partial charge >= 0.3 is 5.97 Å². The molecule has 1 aromatic heterocycles. The second-order valence-corrected chi connectivity index (χ2v) is 10.4. The van der Waals surface area contributed by atoms with Crippen molar-refractivity contribution in [3.05, 3.63) is 94.6 Å². The molecule has 2 aromatic carbocycles. The summed E-state index contributed by atoms with van der Waals surface area (Å²) in [7, 11) is 1.21. The van der Waals surface area contributed by atoms with Crippen LogP contribution >= 0.6 is 0 Å². The number of hydrogen-bond acceptors (Lipinski definition) is 6. The normalized spacial score (nSPS) is 12.3. The number of halogens is 1. The van der Waals surface area contributed by atoms with Crippen molar-refractivity contribution in [2.24, 2.45) is 0 Å². The summed E-state index contributed by atoms with van der Waals surface area (Å²) in [4.78, 5) is 28.7. The summed E-state index contributed by atoms with van der Waals surface area (Å²) in [5, 5.41) is 10.6. The van der Waals surface area contributed by atoms with Gasteiger partial charge in [-0.15, -0.1) is 0 Å². The molecule has 0 amide bonds. The van der Waals surface area contributed by atoms with Crippen LogP contribution in [0.15, 0.2) is 60.7 Å². The highest BCUT2D eigenvalue weighted by Gasteiger charge is 2.23. The van der Waals surface area contributed by atoms with Crippen LogP contribution in [-0.2, 0) is 32.3 Å². The lowest BCUT2D eigenvalue weighted by atomic mass is 9.87. The first-order valence-electron chi connectivity index (χ1n) is 13.5. The summed E-state index contributed by atoms with van der Waals surface area (Å²) in [5.74, 6) is -1.28. The van der Waals surface area contributed by atoms with Crippen molar-refractivity contribution in [1.82, 2.24) is 4.98 Å². The average molecular weight is 548 g/mol. The summed E-state index contributed by atoms with van der Waals surface area (Å²) in [6.45, 7) is 8.93. The van der Waals surface area contributed by atoms with Gasteiger partial charge in [-0.3, -0.25) is 14.6 Å². The number of aliphatic hydroxyl groups is 1. The molecule has 212 valence electrons. The third-order valence-corrected chi connectivity index (χ3v) is 6.47. The Hall–Kier alpha value is -3.68. The molecule has 0 aliphatic rings. The molecule has 0 aliphatic carbocycles. The average Bonchev–Trinajstić information content (AvgIpc) is 2.92. The maximum atomic E-state index is 14.0. The fraction of sp³-hybridized carbons (Fsp3) is 0.364. The van der Waals surface area contributed by atoms with E-state index in [1.165, 1.54) is 25.3 Å². The number of benzene rings is 2. The number of ether oxygens (including phenoxy) is 2. The maximum absolute atomic E-state index is 14.0. The molecule has 1 unspecified atom stereocenters. The third kappa shape index (κ3) is 8.41. The number of methoxy groups -OCH3 is 1. The lowest BCUT2D eigenvalue weighted by molar-refractivity contribution is -0.143. The number of aromatic nitrogens is 1. The molecule has 0 saturated heterocycles. The van der Waals surface area contributed by atoms with Crippen molar-refractivity contribution < 1.29 is 28.6 Å². The molecular weight excluding hydrogens is 509 g/mol. The van der Waals surface area contributed by atoms with Crippen LogP contribution in [0.25, 0.3) is 17.2 Å².